The third-order valence-corrected chi connectivity index (χ3v) is 7.69. The number of thiazole rings is 1. The van der Waals surface area contributed by atoms with Crippen LogP contribution in [0.15, 0.2) is 36.7 Å². The number of nitrogens with one attached hydrogen (secondary N) is 3. The molecule has 6 rings (SSSR count). The summed E-state index contributed by atoms with van der Waals surface area (Å²) in [6, 6.07) is 8.51. The summed E-state index contributed by atoms with van der Waals surface area (Å²) in [5, 5.41) is 24.5. The first-order chi connectivity index (χ1) is 17.7. The Balaban J connectivity index is 1.24. The summed E-state index contributed by atoms with van der Waals surface area (Å²) in [6.07, 6.45) is 6.96. The molecule has 1 saturated carbocycles. The van der Waals surface area contributed by atoms with E-state index in [0.717, 1.165) is 96.5 Å². The van der Waals surface area contributed by atoms with E-state index in [1.807, 2.05) is 24.5 Å². The quantitative estimate of drug-likeness (QED) is 0.296. The van der Waals surface area contributed by atoms with Crippen molar-refractivity contribution in [2.75, 3.05) is 36.9 Å². The molecule has 2 fully saturated rings. The van der Waals surface area contributed by atoms with Crippen molar-refractivity contribution < 1.29 is 9.84 Å². The lowest BCUT2D eigenvalue weighted by atomic mass is 9.93. The van der Waals surface area contributed by atoms with Gasteiger partial charge in [-0.1, -0.05) is 17.4 Å². The molecular formula is C25H30N8O2S. The topological polar surface area (TPSA) is 124 Å². The number of H-pyrrole nitrogens is 1. The largest absolute Gasteiger partial charge is 0.393 e. The molecule has 2 aliphatic rings. The van der Waals surface area contributed by atoms with Gasteiger partial charge in [-0.05, 0) is 43.4 Å². The average Bonchev–Trinajstić information content (AvgIpc) is 3.55. The lowest BCUT2D eigenvalue weighted by Crippen LogP contribution is -2.36. The lowest BCUT2D eigenvalue weighted by molar-refractivity contribution is 0.0336. The fraction of sp³-hybridized carbons (Fsp3) is 0.440. The summed E-state index contributed by atoms with van der Waals surface area (Å²) in [6.45, 7) is 4.03. The zero-order valence-electron chi connectivity index (χ0n) is 20.0. The molecule has 1 aliphatic carbocycles. The second-order valence-corrected chi connectivity index (χ2v) is 10.5. The second-order valence-electron chi connectivity index (χ2n) is 9.42. The number of aromatic amines is 1. The molecule has 0 atom stereocenters. The van der Waals surface area contributed by atoms with Crippen LogP contribution in [0, 0.1) is 0 Å². The number of aliphatic hydroxyl groups is 1. The Bertz CT molecular complexity index is 1300. The van der Waals surface area contributed by atoms with Crippen LogP contribution in [0.4, 0.5) is 16.9 Å². The number of anilines is 3. The summed E-state index contributed by atoms with van der Waals surface area (Å²) < 4.78 is 6.60. The molecular weight excluding hydrogens is 476 g/mol. The highest BCUT2D eigenvalue weighted by molar-refractivity contribution is 7.22. The molecule has 3 aromatic heterocycles. The van der Waals surface area contributed by atoms with Gasteiger partial charge in [-0.3, -0.25) is 10.00 Å². The highest BCUT2D eigenvalue weighted by Crippen LogP contribution is 2.32. The first kappa shape index (κ1) is 23.3. The number of hydrogen-bond donors (Lipinski definition) is 4. The van der Waals surface area contributed by atoms with Crippen LogP contribution >= 0.6 is 11.3 Å². The number of aromatic nitrogens is 5. The number of morpholine rings is 1. The molecule has 0 bridgehead atoms. The zero-order valence-corrected chi connectivity index (χ0v) is 20.8. The van der Waals surface area contributed by atoms with Crippen molar-refractivity contribution in [3.63, 3.8) is 0 Å². The van der Waals surface area contributed by atoms with E-state index in [2.05, 4.69) is 37.9 Å². The third-order valence-electron chi connectivity index (χ3n) is 6.75. The average molecular weight is 507 g/mol. The van der Waals surface area contributed by atoms with E-state index in [9.17, 15) is 5.11 Å². The molecule has 0 amide bonds. The van der Waals surface area contributed by atoms with Gasteiger partial charge in [0.15, 0.2) is 5.13 Å². The number of benzene rings is 1. The first-order valence-corrected chi connectivity index (χ1v) is 13.3. The summed E-state index contributed by atoms with van der Waals surface area (Å²) >= 11 is 1.60. The maximum absolute atomic E-state index is 9.86. The Hall–Kier alpha value is -3.12. The number of hydrogen-bond acceptors (Lipinski definition) is 10. The van der Waals surface area contributed by atoms with Crippen LogP contribution < -0.4 is 10.6 Å². The molecule has 1 aliphatic heterocycles. The summed E-state index contributed by atoms with van der Waals surface area (Å²) in [5.41, 5.74) is 4.05. The Labute approximate surface area is 213 Å². The summed E-state index contributed by atoms with van der Waals surface area (Å²) in [5.74, 6) is 1.34. The molecule has 10 nitrogen and oxygen atoms in total. The maximum atomic E-state index is 9.86. The van der Waals surface area contributed by atoms with Crippen LogP contribution in [0.2, 0.25) is 0 Å². The van der Waals surface area contributed by atoms with E-state index in [-0.39, 0.29) is 12.1 Å². The molecule has 0 unspecified atom stereocenters. The van der Waals surface area contributed by atoms with Crippen molar-refractivity contribution >= 4 is 38.5 Å². The van der Waals surface area contributed by atoms with Crippen molar-refractivity contribution in [2.24, 2.45) is 0 Å². The standard InChI is InChI=1S/C25H30N8O2S/c34-20-4-2-18(3-5-20)28-24-29-19(15-33-7-9-35-10-8-33)12-23(31-24)32-25-30-21-6-1-16(11-22(21)36-25)17-13-26-27-14-17/h1,6,11-14,18,20,34H,2-5,7-10,15H2,(H,26,27)(H2,28,29,30,31,32). The number of ether oxygens (including phenoxy) is 1. The fourth-order valence-electron chi connectivity index (χ4n) is 4.77. The van der Waals surface area contributed by atoms with E-state index in [4.69, 9.17) is 19.7 Å². The van der Waals surface area contributed by atoms with E-state index < -0.39 is 0 Å². The van der Waals surface area contributed by atoms with Crippen LogP contribution in [0.1, 0.15) is 31.4 Å². The Morgan fingerprint density at radius 3 is 2.72 bits per heavy atom. The van der Waals surface area contributed by atoms with Gasteiger partial charge >= 0.3 is 0 Å². The van der Waals surface area contributed by atoms with Gasteiger partial charge in [0.1, 0.15) is 5.82 Å². The third kappa shape index (κ3) is 5.49. The minimum atomic E-state index is -0.193. The predicted molar refractivity (Wildman–Crippen MR) is 140 cm³/mol. The SMILES string of the molecule is OC1CCC(Nc2nc(CN3CCOCC3)cc(Nc3nc4ccc(-c5cn[nH]c5)cc4s3)n2)CC1. The van der Waals surface area contributed by atoms with Crippen LogP contribution in [-0.2, 0) is 11.3 Å². The Morgan fingerprint density at radius 1 is 1.06 bits per heavy atom. The molecule has 188 valence electrons. The van der Waals surface area contributed by atoms with E-state index in [0.29, 0.717) is 5.95 Å². The van der Waals surface area contributed by atoms with Gasteiger partial charge in [-0.2, -0.15) is 10.1 Å². The van der Waals surface area contributed by atoms with Gasteiger partial charge in [0.25, 0.3) is 0 Å². The minimum Gasteiger partial charge on any atom is -0.393 e. The number of nitrogens with zero attached hydrogens (tertiary/aromatic N) is 5. The van der Waals surface area contributed by atoms with Crippen LogP contribution in [0.3, 0.4) is 0 Å². The monoisotopic (exact) mass is 506 g/mol. The van der Waals surface area contributed by atoms with Gasteiger partial charge in [0, 0.05) is 43.5 Å². The summed E-state index contributed by atoms with van der Waals surface area (Å²) in [4.78, 5) is 16.7. The molecule has 36 heavy (non-hydrogen) atoms. The van der Waals surface area contributed by atoms with Crippen LogP contribution in [0.5, 0.6) is 0 Å². The highest BCUT2D eigenvalue weighted by atomic mass is 32.1. The van der Waals surface area contributed by atoms with Gasteiger partial charge in [0.05, 0.1) is 41.4 Å². The number of fused-ring (bicyclic) bond motifs is 1. The van der Waals surface area contributed by atoms with E-state index in [1.165, 1.54) is 0 Å². The lowest BCUT2D eigenvalue weighted by Gasteiger charge is -2.27. The smallest absolute Gasteiger partial charge is 0.225 e. The fourth-order valence-corrected chi connectivity index (χ4v) is 5.69. The minimum absolute atomic E-state index is 0.193. The zero-order chi connectivity index (χ0) is 24.3. The molecule has 11 heteroatoms. The molecule has 0 radical (unpaired) electrons. The molecule has 4 heterocycles. The molecule has 0 spiro atoms. The van der Waals surface area contributed by atoms with Crippen molar-refractivity contribution in [2.45, 2.75) is 44.4 Å². The van der Waals surface area contributed by atoms with Gasteiger partial charge < -0.3 is 20.5 Å². The van der Waals surface area contributed by atoms with Gasteiger partial charge in [-0.25, -0.2) is 9.97 Å². The number of aliphatic hydroxyl groups excluding tert-OH is 1. The van der Waals surface area contributed by atoms with Crippen LogP contribution in [-0.4, -0.2) is 73.6 Å². The highest BCUT2D eigenvalue weighted by Gasteiger charge is 2.21. The molecule has 4 N–H and O–H groups in total. The van der Waals surface area contributed by atoms with E-state index in [1.54, 1.807) is 11.3 Å². The predicted octanol–water partition coefficient (Wildman–Crippen LogP) is 3.77. The first-order valence-electron chi connectivity index (χ1n) is 12.5. The van der Waals surface area contributed by atoms with Crippen molar-refractivity contribution in [3.05, 3.63) is 42.4 Å². The molecule has 1 aromatic carbocycles. The van der Waals surface area contributed by atoms with Crippen LogP contribution in [0.25, 0.3) is 21.3 Å². The van der Waals surface area contributed by atoms with E-state index >= 15 is 0 Å². The van der Waals surface area contributed by atoms with Gasteiger partial charge in [-0.15, -0.1) is 0 Å². The Morgan fingerprint density at radius 2 is 1.92 bits per heavy atom. The van der Waals surface area contributed by atoms with Crippen molar-refractivity contribution in [3.8, 4) is 11.1 Å². The summed E-state index contributed by atoms with van der Waals surface area (Å²) in [7, 11) is 0. The van der Waals surface area contributed by atoms with Gasteiger partial charge in [0.2, 0.25) is 5.95 Å². The Kier molecular flexibility index (Phi) is 6.77. The number of rotatable bonds is 7. The maximum Gasteiger partial charge on any atom is 0.225 e. The van der Waals surface area contributed by atoms with Crippen molar-refractivity contribution in [1.29, 1.82) is 0 Å². The molecule has 1 saturated heterocycles. The second kappa shape index (κ2) is 10.5. The molecule has 4 aromatic rings. The normalized spacial score (nSPS) is 21.0. The van der Waals surface area contributed by atoms with Crippen molar-refractivity contribution in [1.82, 2.24) is 30.0 Å².